The van der Waals surface area contributed by atoms with E-state index in [1.165, 1.54) is 19.2 Å². The van der Waals surface area contributed by atoms with Crippen molar-refractivity contribution >= 4 is 11.7 Å². The van der Waals surface area contributed by atoms with E-state index >= 15 is 0 Å². The second kappa shape index (κ2) is 8.98. The van der Waals surface area contributed by atoms with Crippen molar-refractivity contribution in [3.63, 3.8) is 0 Å². The Hall–Kier alpha value is -1.80. The third kappa shape index (κ3) is 4.42. The molecule has 4 rings (SSSR count). The van der Waals surface area contributed by atoms with Gasteiger partial charge in [-0.3, -0.25) is 4.79 Å². The Kier molecular flexibility index (Phi) is 6.49. The van der Waals surface area contributed by atoms with Crippen LogP contribution in [0, 0.1) is 17.8 Å². The molecule has 2 unspecified atom stereocenters. The van der Waals surface area contributed by atoms with Crippen LogP contribution in [0.15, 0.2) is 18.2 Å². The first-order valence-corrected chi connectivity index (χ1v) is 11.1. The molecule has 2 bridgehead atoms. The van der Waals surface area contributed by atoms with Gasteiger partial charge in [-0.1, -0.05) is 6.07 Å². The fraction of sp³-hybridized carbons (Fsp3) is 0.696. The first kappa shape index (κ1) is 22.4. The second-order valence-corrected chi connectivity index (χ2v) is 9.09. The molecule has 1 aromatic carbocycles. The van der Waals surface area contributed by atoms with Crippen molar-refractivity contribution in [2.45, 2.75) is 43.8 Å². The molecule has 3 aliphatic heterocycles. The lowest BCUT2D eigenvalue weighted by atomic mass is 9.73. The number of halogens is 3. The van der Waals surface area contributed by atoms with Crippen LogP contribution in [0.25, 0.3) is 0 Å². The Bertz CT molecular complexity index is 801. The molecule has 172 valence electrons. The van der Waals surface area contributed by atoms with Gasteiger partial charge in [-0.25, -0.2) is 0 Å². The van der Waals surface area contributed by atoms with Crippen molar-refractivity contribution in [1.82, 2.24) is 5.32 Å². The number of fused-ring (bicyclic) bond motifs is 6. The van der Waals surface area contributed by atoms with Crippen LogP contribution in [0.3, 0.4) is 0 Å². The quantitative estimate of drug-likeness (QED) is 0.725. The zero-order valence-corrected chi connectivity index (χ0v) is 18.1. The number of nitrogens with zero attached hydrogens (tertiary/aromatic N) is 1. The molecule has 0 spiro atoms. The van der Waals surface area contributed by atoms with Gasteiger partial charge in [0.25, 0.3) is 0 Å². The van der Waals surface area contributed by atoms with Gasteiger partial charge in [-0.2, -0.15) is 13.2 Å². The van der Waals surface area contributed by atoms with E-state index in [2.05, 4.69) is 10.2 Å². The summed E-state index contributed by atoms with van der Waals surface area (Å²) < 4.78 is 51.4. The van der Waals surface area contributed by atoms with Crippen molar-refractivity contribution < 1.29 is 27.4 Å². The molecule has 1 aromatic rings. The van der Waals surface area contributed by atoms with Crippen LogP contribution in [0.4, 0.5) is 18.9 Å². The van der Waals surface area contributed by atoms with E-state index < -0.39 is 11.7 Å². The molecule has 2 saturated heterocycles. The number of carbonyl (C=O) groups is 1. The van der Waals surface area contributed by atoms with Crippen LogP contribution in [0.5, 0.6) is 0 Å². The van der Waals surface area contributed by atoms with Gasteiger partial charge in [-0.05, 0) is 61.8 Å². The summed E-state index contributed by atoms with van der Waals surface area (Å²) in [5.41, 5.74) is 1.02. The van der Waals surface area contributed by atoms with Crippen molar-refractivity contribution in [1.29, 1.82) is 0 Å². The van der Waals surface area contributed by atoms with Crippen LogP contribution in [0.2, 0.25) is 0 Å². The maximum absolute atomic E-state index is 13.6. The monoisotopic (exact) mass is 440 g/mol. The summed E-state index contributed by atoms with van der Waals surface area (Å²) in [6.07, 6.45) is -1.49. The van der Waals surface area contributed by atoms with Crippen molar-refractivity contribution in [2.24, 2.45) is 17.8 Å². The third-order valence-electron chi connectivity index (χ3n) is 7.41. The Balaban J connectivity index is 1.81. The highest BCUT2D eigenvalue weighted by Crippen LogP contribution is 2.46. The predicted molar refractivity (Wildman–Crippen MR) is 111 cm³/mol. The molecular formula is C23H31F3N2O3. The summed E-state index contributed by atoms with van der Waals surface area (Å²) >= 11 is 0. The minimum Gasteiger partial charge on any atom is -0.469 e. The molecule has 3 aliphatic rings. The fourth-order valence-corrected chi connectivity index (χ4v) is 5.89. The number of benzene rings is 1. The summed E-state index contributed by atoms with van der Waals surface area (Å²) in [7, 11) is 3.07. The molecule has 31 heavy (non-hydrogen) atoms. The van der Waals surface area contributed by atoms with Crippen molar-refractivity contribution in [3.05, 3.63) is 29.3 Å². The standard InChI is InChI=1S/C23H31F3N2O3/c1-30-13-19-16-9-15(11-27-12-16)18-5-4-17(23(24,25)26)10-21(18)28-8-7-14(22(29)31-2)3-6-20(19)28/h4-5,10,14-16,19-20,27H,3,6-9,11-13H2,1-2H3/t14?,15-,16?,19+,20+/m1/s1. The SMILES string of the molecule is COC[C@H]1C2CNC[C@@H](C2)c2ccc(C(F)(F)F)cc2N2CCC(C(=O)OC)CC[C@@H]12. The number of methoxy groups -OCH3 is 2. The largest absolute Gasteiger partial charge is 0.469 e. The van der Waals surface area contributed by atoms with E-state index in [0.29, 0.717) is 37.6 Å². The van der Waals surface area contributed by atoms with Crippen LogP contribution in [-0.2, 0) is 20.4 Å². The first-order chi connectivity index (χ1) is 14.8. The molecule has 8 heteroatoms. The maximum Gasteiger partial charge on any atom is 0.416 e. The summed E-state index contributed by atoms with van der Waals surface area (Å²) in [6, 6.07) is 4.21. The molecule has 0 aromatic heterocycles. The number of esters is 1. The zero-order chi connectivity index (χ0) is 22.2. The number of ether oxygens (including phenoxy) is 2. The third-order valence-corrected chi connectivity index (χ3v) is 7.41. The number of hydrogen-bond donors (Lipinski definition) is 1. The van der Waals surface area contributed by atoms with Gasteiger partial charge in [0.2, 0.25) is 0 Å². The van der Waals surface area contributed by atoms with E-state index in [1.54, 1.807) is 13.2 Å². The number of hydrogen-bond acceptors (Lipinski definition) is 5. The zero-order valence-electron chi connectivity index (χ0n) is 18.1. The molecule has 2 fully saturated rings. The molecule has 1 N–H and O–H groups in total. The van der Waals surface area contributed by atoms with Gasteiger partial charge in [0, 0.05) is 37.8 Å². The minimum absolute atomic E-state index is 0.0164. The Morgan fingerprint density at radius 3 is 2.71 bits per heavy atom. The van der Waals surface area contributed by atoms with Crippen LogP contribution in [0.1, 0.15) is 42.7 Å². The summed E-state index contributed by atoms with van der Waals surface area (Å²) in [6.45, 7) is 2.73. The molecule has 0 radical (unpaired) electrons. The molecule has 0 amide bonds. The average Bonchev–Trinajstić information content (AvgIpc) is 2.98. The average molecular weight is 441 g/mol. The van der Waals surface area contributed by atoms with E-state index in [0.717, 1.165) is 31.5 Å². The Morgan fingerprint density at radius 2 is 2.00 bits per heavy atom. The fourth-order valence-electron chi connectivity index (χ4n) is 5.89. The summed E-state index contributed by atoms with van der Waals surface area (Å²) in [4.78, 5) is 14.4. The molecule has 0 aliphatic carbocycles. The molecular weight excluding hydrogens is 409 g/mol. The normalized spacial score (nSPS) is 31.0. The second-order valence-electron chi connectivity index (χ2n) is 9.09. The first-order valence-electron chi connectivity index (χ1n) is 11.1. The lowest BCUT2D eigenvalue weighted by Gasteiger charge is -2.47. The topological polar surface area (TPSA) is 50.8 Å². The van der Waals surface area contributed by atoms with Crippen LogP contribution in [-0.4, -0.2) is 52.5 Å². The highest BCUT2D eigenvalue weighted by molar-refractivity contribution is 5.72. The number of nitrogens with one attached hydrogen (secondary N) is 1. The van der Waals surface area contributed by atoms with Crippen molar-refractivity contribution in [2.75, 3.05) is 45.4 Å². The Labute approximate surface area is 181 Å². The minimum atomic E-state index is -4.40. The number of anilines is 1. The molecule has 0 saturated carbocycles. The van der Waals surface area contributed by atoms with Gasteiger partial charge in [0.05, 0.1) is 25.2 Å². The van der Waals surface area contributed by atoms with Crippen LogP contribution >= 0.6 is 0 Å². The Morgan fingerprint density at radius 1 is 1.19 bits per heavy atom. The molecule has 3 heterocycles. The molecule has 5 atom stereocenters. The van der Waals surface area contributed by atoms with Gasteiger partial charge >= 0.3 is 12.1 Å². The van der Waals surface area contributed by atoms with Gasteiger partial charge in [-0.15, -0.1) is 0 Å². The van der Waals surface area contributed by atoms with Gasteiger partial charge in [0.15, 0.2) is 0 Å². The van der Waals surface area contributed by atoms with Crippen LogP contribution < -0.4 is 10.2 Å². The van der Waals surface area contributed by atoms with Gasteiger partial charge < -0.3 is 19.7 Å². The lowest BCUT2D eigenvalue weighted by Crippen LogP contribution is -2.51. The number of piperidine rings is 1. The predicted octanol–water partition coefficient (Wildman–Crippen LogP) is 3.82. The lowest BCUT2D eigenvalue weighted by molar-refractivity contribution is -0.145. The summed E-state index contributed by atoms with van der Waals surface area (Å²) in [5, 5.41) is 3.51. The highest BCUT2D eigenvalue weighted by atomic mass is 19.4. The van der Waals surface area contributed by atoms with Crippen molar-refractivity contribution in [3.8, 4) is 0 Å². The van der Waals surface area contributed by atoms with Gasteiger partial charge in [0.1, 0.15) is 0 Å². The molecule has 5 nitrogen and oxygen atoms in total. The van der Waals surface area contributed by atoms with E-state index in [1.807, 2.05) is 0 Å². The number of carbonyl (C=O) groups excluding carboxylic acids is 1. The number of rotatable bonds is 3. The van der Waals surface area contributed by atoms with E-state index in [4.69, 9.17) is 9.47 Å². The highest BCUT2D eigenvalue weighted by Gasteiger charge is 2.43. The van der Waals surface area contributed by atoms with E-state index in [-0.39, 0.29) is 29.8 Å². The number of alkyl halides is 3. The van der Waals surface area contributed by atoms with E-state index in [9.17, 15) is 18.0 Å². The maximum atomic E-state index is 13.6. The smallest absolute Gasteiger partial charge is 0.416 e. The summed E-state index contributed by atoms with van der Waals surface area (Å²) in [5.74, 6) is 0.253.